The number of nitrogens with zero attached hydrogens (tertiary/aromatic N) is 3. The topological polar surface area (TPSA) is 67.5 Å². The van der Waals surface area contributed by atoms with Crippen LogP contribution < -0.4 is 5.69 Å². The van der Waals surface area contributed by atoms with Gasteiger partial charge in [-0.3, -0.25) is 14.0 Å². The Hall–Kier alpha value is -2.08. The van der Waals surface area contributed by atoms with Crippen LogP contribution in [0.4, 0.5) is 0 Å². The predicted octanol–water partition coefficient (Wildman–Crippen LogP) is 3.49. The number of carboxylic acid groups (broad SMARTS) is 1. The number of likely N-dealkylation sites (tertiary alicyclic amines) is 1. The van der Waals surface area contributed by atoms with Gasteiger partial charge in [0.15, 0.2) is 0 Å². The van der Waals surface area contributed by atoms with Crippen LogP contribution in [0.5, 0.6) is 0 Å². The van der Waals surface area contributed by atoms with Crippen LogP contribution in [0.3, 0.4) is 0 Å². The molecule has 6 heteroatoms. The molecule has 5 rings (SSSR count). The van der Waals surface area contributed by atoms with E-state index in [1.165, 1.54) is 25.7 Å². The summed E-state index contributed by atoms with van der Waals surface area (Å²) in [5, 5.41) is 9.43. The second-order valence-electron chi connectivity index (χ2n) is 8.93. The number of aromatic carboxylic acids is 1. The van der Waals surface area contributed by atoms with Crippen molar-refractivity contribution in [3.8, 4) is 0 Å². The molecule has 1 aliphatic heterocycles. The molecule has 2 bridgehead atoms. The Labute approximate surface area is 164 Å². The number of carbonyl (C=O) groups is 1. The van der Waals surface area contributed by atoms with Crippen molar-refractivity contribution in [1.82, 2.24) is 14.0 Å². The molecule has 2 saturated carbocycles. The Bertz CT molecular complexity index is 954. The Morgan fingerprint density at radius 2 is 1.82 bits per heavy atom. The Morgan fingerprint density at radius 3 is 2.50 bits per heavy atom. The van der Waals surface area contributed by atoms with E-state index in [0.717, 1.165) is 55.7 Å². The first-order chi connectivity index (χ1) is 13.6. The third kappa shape index (κ3) is 2.98. The van der Waals surface area contributed by atoms with Gasteiger partial charge in [0.2, 0.25) is 0 Å². The van der Waals surface area contributed by atoms with Gasteiger partial charge in [0.05, 0.1) is 16.6 Å². The molecule has 1 saturated heterocycles. The lowest BCUT2D eigenvalue weighted by Gasteiger charge is -2.26. The van der Waals surface area contributed by atoms with E-state index < -0.39 is 5.97 Å². The maximum atomic E-state index is 13.4. The highest BCUT2D eigenvalue weighted by atomic mass is 16.4. The number of hydrogen-bond donors (Lipinski definition) is 1. The minimum absolute atomic E-state index is 0.0359. The maximum absolute atomic E-state index is 13.4. The standard InChI is InChI=1S/C22H29N3O3/c26-21(27)16-7-9-19-20(13-16)24(11-10-23-14-15-6-8-18(23)12-15)22(28)25(19)17-4-2-1-3-5-17/h7,9,13,15,17-18H,1-6,8,10-12,14H2,(H,26,27)/t15-,18-/m1/s1. The molecule has 1 aromatic carbocycles. The van der Waals surface area contributed by atoms with Crippen molar-refractivity contribution in [1.29, 1.82) is 0 Å². The number of carboxylic acids is 1. The number of benzene rings is 1. The summed E-state index contributed by atoms with van der Waals surface area (Å²) in [6, 6.07) is 6.08. The molecule has 1 aromatic heterocycles. The lowest BCUT2D eigenvalue weighted by molar-refractivity contribution is 0.0697. The zero-order chi connectivity index (χ0) is 19.3. The van der Waals surface area contributed by atoms with Gasteiger partial charge in [-0.15, -0.1) is 0 Å². The summed E-state index contributed by atoms with van der Waals surface area (Å²) in [7, 11) is 0. The van der Waals surface area contributed by atoms with Gasteiger partial charge >= 0.3 is 11.7 Å². The van der Waals surface area contributed by atoms with E-state index in [9.17, 15) is 14.7 Å². The van der Waals surface area contributed by atoms with E-state index in [1.54, 1.807) is 12.1 Å². The minimum atomic E-state index is -0.942. The summed E-state index contributed by atoms with van der Waals surface area (Å²) in [6.45, 7) is 2.67. The average molecular weight is 383 g/mol. The molecule has 3 fully saturated rings. The highest BCUT2D eigenvalue weighted by molar-refractivity contribution is 5.92. The first-order valence-electron chi connectivity index (χ1n) is 10.8. The fourth-order valence-corrected chi connectivity index (χ4v) is 5.85. The van der Waals surface area contributed by atoms with Crippen LogP contribution in [0, 0.1) is 5.92 Å². The third-order valence-electron chi connectivity index (χ3n) is 7.28. The number of rotatable bonds is 5. The number of aromatic nitrogens is 2. The average Bonchev–Trinajstić information content (AvgIpc) is 3.39. The Balaban J connectivity index is 1.52. The third-order valence-corrected chi connectivity index (χ3v) is 7.28. The van der Waals surface area contributed by atoms with E-state index in [4.69, 9.17) is 0 Å². The molecule has 150 valence electrons. The minimum Gasteiger partial charge on any atom is -0.478 e. The van der Waals surface area contributed by atoms with Crippen molar-refractivity contribution < 1.29 is 9.90 Å². The summed E-state index contributed by atoms with van der Waals surface area (Å²) in [5.74, 6) is -0.105. The first-order valence-corrected chi connectivity index (χ1v) is 10.8. The number of piperidine rings is 1. The molecule has 2 aliphatic carbocycles. The zero-order valence-corrected chi connectivity index (χ0v) is 16.3. The fourth-order valence-electron chi connectivity index (χ4n) is 5.85. The lowest BCUT2D eigenvalue weighted by atomic mass is 9.95. The van der Waals surface area contributed by atoms with E-state index in [1.807, 2.05) is 15.2 Å². The van der Waals surface area contributed by atoms with E-state index in [2.05, 4.69) is 4.90 Å². The highest BCUT2D eigenvalue weighted by Gasteiger charge is 2.37. The van der Waals surface area contributed by atoms with Crippen LogP contribution in [-0.2, 0) is 6.54 Å². The number of fused-ring (bicyclic) bond motifs is 3. The quantitative estimate of drug-likeness (QED) is 0.858. The van der Waals surface area contributed by atoms with E-state index >= 15 is 0 Å². The Morgan fingerprint density at radius 1 is 1.00 bits per heavy atom. The van der Waals surface area contributed by atoms with Crippen molar-refractivity contribution in [3.63, 3.8) is 0 Å². The molecule has 1 N–H and O–H groups in total. The van der Waals surface area contributed by atoms with E-state index in [0.29, 0.717) is 12.6 Å². The number of hydrogen-bond acceptors (Lipinski definition) is 3. The van der Waals surface area contributed by atoms with Gasteiger partial charge in [-0.05, 0) is 56.2 Å². The van der Waals surface area contributed by atoms with Gasteiger partial charge in [-0.2, -0.15) is 0 Å². The lowest BCUT2D eigenvalue weighted by Crippen LogP contribution is -2.37. The van der Waals surface area contributed by atoms with Crippen LogP contribution in [0.2, 0.25) is 0 Å². The summed E-state index contributed by atoms with van der Waals surface area (Å²) in [4.78, 5) is 27.4. The normalized spacial score (nSPS) is 25.7. The molecule has 0 spiro atoms. The molecular weight excluding hydrogens is 354 g/mol. The van der Waals surface area contributed by atoms with Gasteiger partial charge < -0.3 is 5.11 Å². The smallest absolute Gasteiger partial charge is 0.335 e. The molecule has 2 heterocycles. The summed E-state index contributed by atoms with van der Waals surface area (Å²) >= 11 is 0. The van der Waals surface area contributed by atoms with Crippen molar-refractivity contribution in [3.05, 3.63) is 34.2 Å². The van der Waals surface area contributed by atoms with Crippen molar-refractivity contribution in [2.75, 3.05) is 13.1 Å². The molecule has 28 heavy (non-hydrogen) atoms. The SMILES string of the molecule is O=C(O)c1ccc2c(c1)n(CCN1C[C@@H]3CC[C@@H]1C3)c(=O)n2C1CCCCC1. The maximum Gasteiger partial charge on any atom is 0.335 e. The van der Waals surface area contributed by atoms with Crippen LogP contribution in [0.25, 0.3) is 11.0 Å². The Kier molecular flexibility index (Phi) is 4.54. The second-order valence-corrected chi connectivity index (χ2v) is 8.93. The molecule has 2 atom stereocenters. The molecule has 3 aliphatic rings. The van der Waals surface area contributed by atoms with Gasteiger partial charge in [0, 0.05) is 31.7 Å². The molecular formula is C22H29N3O3. The fraction of sp³-hybridized carbons (Fsp3) is 0.636. The highest BCUT2D eigenvalue weighted by Crippen LogP contribution is 2.37. The molecule has 0 amide bonds. The van der Waals surface area contributed by atoms with Crippen molar-refractivity contribution in [2.24, 2.45) is 5.92 Å². The van der Waals surface area contributed by atoms with Crippen LogP contribution >= 0.6 is 0 Å². The van der Waals surface area contributed by atoms with Crippen molar-refractivity contribution >= 4 is 17.0 Å². The summed E-state index contributed by atoms with van der Waals surface area (Å²) < 4.78 is 3.79. The van der Waals surface area contributed by atoms with Crippen LogP contribution in [0.15, 0.2) is 23.0 Å². The van der Waals surface area contributed by atoms with Crippen LogP contribution in [-0.4, -0.2) is 44.2 Å². The van der Waals surface area contributed by atoms with Crippen LogP contribution in [0.1, 0.15) is 67.8 Å². The number of imidazole rings is 1. The molecule has 6 nitrogen and oxygen atoms in total. The van der Waals surface area contributed by atoms with Gasteiger partial charge in [-0.25, -0.2) is 9.59 Å². The van der Waals surface area contributed by atoms with Crippen molar-refractivity contribution in [2.45, 2.75) is 70.0 Å². The first kappa shape index (κ1) is 18.0. The zero-order valence-electron chi connectivity index (χ0n) is 16.3. The molecule has 2 aromatic rings. The molecule has 0 unspecified atom stereocenters. The monoisotopic (exact) mass is 383 g/mol. The predicted molar refractivity (Wildman–Crippen MR) is 108 cm³/mol. The summed E-state index contributed by atoms with van der Waals surface area (Å²) in [6.07, 6.45) is 9.58. The van der Waals surface area contributed by atoms with Gasteiger partial charge in [0.1, 0.15) is 0 Å². The second kappa shape index (κ2) is 7.07. The van der Waals surface area contributed by atoms with Gasteiger partial charge in [-0.1, -0.05) is 19.3 Å². The van der Waals surface area contributed by atoms with Gasteiger partial charge in [0.25, 0.3) is 0 Å². The van der Waals surface area contributed by atoms with E-state index in [-0.39, 0.29) is 17.3 Å². The summed E-state index contributed by atoms with van der Waals surface area (Å²) in [5.41, 5.74) is 1.96. The molecule has 0 radical (unpaired) electrons. The largest absolute Gasteiger partial charge is 0.478 e.